The maximum absolute atomic E-state index is 11.6. The van der Waals surface area contributed by atoms with Gasteiger partial charge in [-0.25, -0.2) is 4.79 Å². The van der Waals surface area contributed by atoms with E-state index >= 15 is 0 Å². The van der Waals surface area contributed by atoms with Gasteiger partial charge in [0.1, 0.15) is 5.60 Å². The molecule has 2 aromatic heterocycles. The van der Waals surface area contributed by atoms with E-state index in [-0.39, 0.29) is 6.09 Å². The fourth-order valence-corrected chi connectivity index (χ4v) is 4.73. The molecule has 0 unspecified atom stereocenters. The summed E-state index contributed by atoms with van der Waals surface area (Å²) in [6.07, 6.45) is 3.32. The van der Waals surface area contributed by atoms with Gasteiger partial charge in [-0.05, 0) is 46.1 Å². The van der Waals surface area contributed by atoms with Crippen LogP contribution in [-0.4, -0.2) is 38.1 Å². The van der Waals surface area contributed by atoms with Crippen molar-refractivity contribution in [2.75, 3.05) is 6.54 Å². The molecular weight excluding hydrogens is 418 g/mol. The Morgan fingerprint density at radius 2 is 2.07 bits per heavy atom. The van der Waals surface area contributed by atoms with Crippen LogP contribution in [0.2, 0.25) is 0 Å². The number of hydrogen-bond acceptors (Lipinski definition) is 7. The van der Waals surface area contributed by atoms with Gasteiger partial charge in [0.05, 0.1) is 0 Å². The summed E-state index contributed by atoms with van der Waals surface area (Å²) in [5, 5.41) is 16.0. The zero-order chi connectivity index (χ0) is 21.6. The Balaban J connectivity index is 1.41. The van der Waals surface area contributed by atoms with Crippen LogP contribution in [0.1, 0.15) is 57.0 Å². The van der Waals surface area contributed by atoms with E-state index in [4.69, 9.17) is 4.74 Å². The van der Waals surface area contributed by atoms with E-state index < -0.39 is 5.60 Å². The molecule has 2 heterocycles. The summed E-state index contributed by atoms with van der Waals surface area (Å²) >= 11 is 3.31. The maximum atomic E-state index is 11.6. The first-order valence-electron chi connectivity index (χ1n) is 10.2. The van der Waals surface area contributed by atoms with E-state index in [2.05, 4.69) is 51.8 Å². The van der Waals surface area contributed by atoms with E-state index in [0.717, 1.165) is 46.6 Å². The molecule has 0 fully saturated rings. The third-order valence-corrected chi connectivity index (χ3v) is 6.33. The lowest BCUT2D eigenvalue weighted by atomic mass is 10.2. The zero-order valence-electron chi connectivity index (χ0n) is 18.0. The first-order valence-corrected chi connectivity index (χ1v) is 12.0. The van der Waals surface area contributed by atoms with Crippen molar-refractivity contribution in [3.05, 3.63) is 41.2 Å². The molecule has 1 N–H and O–H groups in total. The summed E-state index contributed by atoms with van der Waals surface area (Å²) < 4.78 is 8.09. The summed E-state index contributed by atoms with van der Waals surface area (Å²) in [5.41, 5.74) is 2.11. The lowest BCUT2D eigenvalue weighted by molar-refractivity contribution is 0.0527. The Morgan fingerprint density at radius 1 is 1.23 bits per heavy atom. The van der Waals surface area contributed by atoms with Gasteiger partial charge in [0.25, 0.3) is 0 Å². The van der Waals surface area contributed by atoms with E-state index in [0.29, 0.717) is 6.54 Å². The maximum Gasteiger partial charge on any atom is 0.407 e. The summed E-state index contributed by atoms with van der Waals surface area (Å²) in [4.78, 5) is 12.5. The van der Waals surface area contributed by atoms with Crippen molar-refractivity contribution in [2.45, 2.75) is 69.1 Å². The first-order chi connectivity index (χ1) is 14.3. The molecular formula is C21H29N5O2S2. The quantitative estimate of drug-likeness (QED) is 0.366. The van der Waals surface area contributed by atoms with Crippen molar-refractivity contribution in [2.24, 2.45) is 0 Å². The molecule has 0 saturated carbocycles. The molecule has 30 heavy (non-hydrogen) atoms. The fraction of sp³-hybridized carbons (Fsp3) is 0.524. The number of hydrogen-bond donors (Lipinski definition) is 1. The minimum absolute atomic E-state index is 0.361. The molecule has 0 aliphatic heterocycles. The molecule has 0 atom stereocenters. The molecule has 0 aliphatic rings. The Labute approximate surface area is 185 Å². The monoisotopic (exact) mass is 447 g/mol. The number of carbonyl (C=O) groups is 1. The molecule has 3 aromatic rings. The van der Waals surface area contributed by atoms with Crippen molar-refractivity contribution < 1.29 is 9.53 Å². The number of unbranched alkanes of at least 4 members (excludes halogenated alkanes) is 2. The third kappa shape index (κ3) is 6.98. The van der Waals surface area contributed by atoms with Crippen molar-refractivity contribution in [1.82, 2.24) is 25.1 Å². The number of fused-ring (bicyclic) bond motifs is 1. The number of benzene rings is 1. The normalized spacial score (nSPS) is 11.7. The molecule has 1 amide bonds. The largest absolute Gasteiger partial charge is 0.444 e. The average Bonchev–Trinajstić information content (AvgIpc) is 3.22. The summed E-state index contributed by atoms with van der Waals surface area (Å²) in [7, 11) is 0. The number of carbonyl (C=O) groups excluding carboxylic acids is 1. The minimum Gasteiger partial charge on any atom is -0.444 e. The van der Waals surface area contributed by atoms with Crippen LogP contribution in [0.4, 0.5) is 4.79 Å². The Bertz CT molecular complexity index is 977. The Hall–Kier alpha value is -2.13. The molecule has 1 aromatic carbocycles. The summed E-state index contributed by atoms with van der Waals surface area (Å²) in [6, 6.07) is 8.54. The zero-order valence-corrected chi connectivity index (χ0v) is 19.6. The van der Waals surface area contributed by atoms with E-state index in [1.165, 1.54) is 11.1 Å². The Kier molecular flexibility index (Phi) is 7.71. The second kappa shape index (κ2) is 10.3. The van der Waals surface area contributed by atoms with Crippen LogP contribution in [0.15, 0.2) is 28.6 Å². The predicted molar refractivity (Wildman–Crippen MR) is 121 cm³/mol. The summed E-state index contributed by atoms with van der Waals surface area (Å²) in [5.74, 6) is 1.79. The molecule has 0 saturated heterocycles. The van der Waals surface area contributed by atoms with Gasteiger partial charge in [0, 0.05) is 18.7 Å². The number of rotatable bonds is 9. The number of aryl methyl sites for hydroxylation is 2. The highest BCUT2D eigenvalue weighted by Gasteiger charge is 2.15. The second-order valence-corrected chi connectivity index (χ2v) is 10.4. The van der Waals surface area contributed by atoms with Crippen LogP contribution in [0, 0.1) is 6.92 Å². The van der Waals surface area contributed by atoms with Gasteiger partial charge in [-0.15, -0.1) is 15.3 Å². The smallest absolute Gasteiger partial charge is 0.407 e. The van der Waals surface area contributed by atoms with Crippen LogP contribution < -0.4 is 5.32 Å². The molecule has 0 bridgehead atoms. The van der Waals surface area contributed by atoms with Crippen LogP contribution in [0.3, 0.4) is 0 Å². The van der Waals surface area contributed by atoms with Gasteiger partial charge in [0.15, 0.2) is 10.2 Å². The van der Waals surface area contributed by atoms with Crippen LogP contribution in [-0.2, 0) is 16.9 Å². The molecule has 0 radical (unpaired) electrons. The van der Waals surface area contributed by atoms with Gasteiger partial charge in [0.2, 0.25) is 4.96 Å². The Morgan fingerprint density at radius 3 is 2.83 bits per heavy atom. The van der Waals surface area contributed by atoms with Crippen LogP contribution in [0.25, 0.3) is 4.96 Å². The lowest BCUT2D eigenvalue weighted by Crippen LogP contribution is -2.32. The van der Waals surface area contributed by atoms with Gasteiger partial charge in [-0.2, -0.15) is 4.52 Å². The van der Waals surface area contributed by atoms with Crippen LogP contribution in [0.5, 0.6) is 0 Å². The SMILES string of the molecule is Cc1cccc(CSc2nn3c(CCCCCNC(=O)OC(C)(C)C)nnc3s2)c1. The molecule has 3 rings (SSSR count). The van der Waals surface area contributed by atoms with Gasteiger partial charge in [-0.3, -0.25) is 0 Å². The topological polar surface area (TPSA) is 81.4 Å². The van der Waals surface area contributed by atoms with E-state index in [1.807, 2.05) is 25.3 Å². The van der Waals surface area contributed by atoms with Crippen LogP contribution >= 0.6 is 23.1 Å². The van der Waals surface area contributed by atoms with Crippen molar-refractivity contribution in [3.63, 3.8) is 0 Å². The van der Waals surface area contributed by atoms with Gasteiger partial charge in [-0.1, -0.05) is 59.3 Å². The van der Waals surface area contributed by atoms with Crippen molar-refractivity contribution in [1.29, 1.82) is 0 Å². The minimum atomic E-state index is -0.464. The molecule has 0 aliphatic carbocycles. The van der Waals surface area contributed by atoms with E-state index in [1.54, 1.807) is 23.1 Å². The number of aromatic nitrogens is 4. The number of nitrogens with zero attached hydrogens (tertiary/aromatic N) is 4. The molecule has 7 nitrogen and oxygen atoms in total. The fourth-order valence-electron chi connectivity index (χ4n) is 2.89. The lowest BCUT2D eigenvalue weighted by Gasteiger charge is -2.19. The second-order valence-electron chi connectivity index (χ2n) is 8.20. The number of thioether (sulfide) groups is 1. The highest BCUT2D eigenvalue weighted by atomic mass is 32.2. The average molecular weight is 448 g/mol. The number of amides is 1. The van der Waals surface area contributed by atoms with Gasteiger partial charge < -0.3 is 10.1 Å². The van der Waals surface area contributed by atoms with Crippen molar-refractivity contribution >= 4 is 34.2 Å². The number of nitrogens with one attached hydrogen (secondary N) is 1. The summed E-state index contributed by atoms with van der Waals surface area (Å²) in [6.45, 7) is 8.29. The molecule has 162 valence electrons. The number of alkyl carbamates (subject to hydrolysis) is 1. The predicted octanol–water partition coefficient (Wildman–Crippen LogP) is 5.02. The first kappa shape index (κ1) is 22.6. The third-order valence-electron chi connectivity index (χ3n) is 4.23. The van der Waals surface area contributed by atoms with Crippen molar-refractivity contribution in [3.8, 4) is 0 Å². The highest BCUT2D eigenvalue weighted by molar-refractivity contribution is 8.00. The number of ether oxygens (including phenoxy) is 1. The standard InChI is InChI=1S/C21H29N5O2S2/c1-15-9-8-10-16(13-15)14-29-20-25-26-17(23-24-18(26)30-20)11-6-5-7-12-22-19(27)28-21(2,3)4/h8-10,13H,5-7,11-12,14H2,1-4H3,(H,22,27). The van der Waals surface area contributed by atoms with Gasteiger partial charge >= 0.3 is 6.09 Å². The van der Waals surface area contributed by atoms with E-state index in [9.17, 15) is 4.79 Å². The molecule has 9 heteroatoms. The highest BCUT2D eigenvalue weighted by Crippen LogP contribution is 2.28. The molecule has 0 spiro atoms.